The molecule has 1 aromatic carbocycles. The van der Waals surface area contributed by atoms with E-state index in [0.29, 0.717) is 41.0 Å². The number of rotatable bonds is 7. The van der Waals surface area contributed by atoms with Crippen LogP contribution in [0.5, 0.6) is 5.75 Å². The van der Waals surface area contributed by atoms with Crippen LogP contribution in [0, 0.1) is 5.92 Å². The molecule has 0 amide bonds. The Morgan fingerprint density at radius 3 is 2.65 bits per heavy atom. The third kappa shape index (κ3) is 3.89. The molecule has 3 rings (SSSR count). The van der Waals surface area contributed by atoms with E-state index in [1.54, 1.807) is 11.6 Å². The largest absolute Gasteiger partial charge is 0.494 e. The normalized spacial score (nSPS) is 13.2. The van der Waals surface area contributed by atoms with Crippen molar-refractivity contribution in [2.75, 3.05) is 25.9 Å². The van der Waals surface area contributed by atoms with Crippen LogP contribution in [0.15, 0.2) is 18.2 Å². The molecule has 140 valence electrons. The van der Waals surface area contributed by atoms with Gasteiger partial charge in [-0.2, -0.15) is 4.52 Å². The summed E-state index contributed by atoms with van der Waals surface area (Å²) in [5.41, 5.74) is 8.05. The number of ether oxygens (including phenoxy) is 1. The first kappa shape index (κ1) is 18.8. The van der Waals surface area contributed by atoms with Gasteiger partial charge in [-0.05, 0) is 23.7 Å². The summed E-state index contributed by atoms with van der Waals surface area (Å²) >= 11 is 0. The molecule has 2 N–H and O–H groups in total. The van der Waals surface area contributed by atoms with E-state index < -0.39 is 0 Å². The third-order valence-electron chi connectivity index (χ3n) is 4.09. The van der Waals surface area contributed by atoms with Crippen LogP contribution in [-0.2, 0) is 6.54 Å². The van der Waals surface area contributed by atoms with Crippen molar-refractivity contribution in [2.24, 2.45) is 5.92 Å². The van der Waals surface area contributed by atoms with Crippen molar-refractivity contribution < 1.29 is 4.74 Å². The highest BCUT2D eigenvalue weighted by atomic mass is 31.0. The van der Waals surface area contributed by atoms with Gasteiger partial charge in [-0.15, -0.1) is 14.3 Å². The molecule has 0 saturated heterocycles. The van der Waals surface area contributed by atoms with Crippen molar-refractivity contribution in [2.45, 2.75) is 33.0 Å². The topological polar surface area (TPSA) is 81.6 Å². The Kier molecular flexibility index (Phi) is 5.58. The highest BCUT2D eigenvalue weighted by Crippen LogP contribution is 2.27. The molecule has 0 radical (unpaired) electrons. The number of hydrogen-bond donors (Lipinski definition) is 1. The van der Waals surface area contributed by atoms with Crippen molar-refractivity contribution in [3.05, 3.63) is 24.0 Å². The summed E-state index contributed by atoms with van der Waals surface area (Å²) in [5, 5.41) is 5.48. The summed E-state index contributed by atoms with van der Waals surface area (Å²) in [6.07, 6.45) is 0. The second kappa shape index (κ2) is 7.72. The van der Waals surface area contributed by atoms with Gasteiger partial charge in [0.25, 0.3) is 0 Å². The molecule has 3 aromatic rings. The number of nitrogens with zero attached hydrogens (tertiary/aromatic N) is 5. The van der Waals surface area contributed by atoms with E-state index in [0.717, 1.165) is 24.3 Å². The van der Waals surface area contributed by atoms with E-state index in [-0.39, 0.29) is 0 Å². The van der Waals surface area contributed by atoms with E-state index in [1.165, 1.54) is 0 Å². The summed E-state index contributed by atoms with van der Waals surface area (Å²) in [6.45, 7) is 9.29. The summed E-state index contributed by atoms with van der Waals surface area (Å²) in [4.78, 5) is 11.6. The van der Waals surface area contributed by atoms with Crippen LogP contribution in [0.4, 0.5) is 5.95 Å². The highest BCUT2D eigenvalue weighted by Gasteiger charge is 2.17. The van der Waals surface area contributed by atoms with Gasteiger partial charge in [0, 0.05) is 18.5 Å². The molecule has 2 aromatic heterocycles. The lowest BCUT2D eigenvalue weighted by molar-refractivity contribution is 0.234. The lowest BCUT2D eigenvalue weighted by atomic mass is 10.2. The van der Waals surface area contributed by atoms with Gasteiger partial charge in [0.1, 0.15) is 11.3 Å². The maximum absolute atomic E-state index is 6.13. The van der Waals surface area contributed by atoms with Crippen LogP contribution in [0.3, 0.4) is 0 Å². The fourth-order valence-corrected chi connectivity index (χ4v) is 3.53. The molecular weight excluding hydrogens is 347 g/mol. The minimum absolute atomic E-state index is 0.311. The summed E-state index contributed by atoms with van der Waals surface area (Å²) in [6, 6.07) is 5.76. The van der Waals surface area contributed by atoms with E-state index in [1.807, 2.05) is 18.2 Å². The fourth-order valence-electron chi connectivity index (χ4n) is 3.23. The van der Waals surface area contributed by atoms with E-state index >= 15 is 0 Å². The van der Waals surface area contributed by atoms with Gasteiger partial charge in [-0.1, -0.05) is 26.8 Å². The molecule has 2 atom stereocenters. The average molecular weight is 374 g/mol. The molecule has 0 saturated carbocycles. The standard InChI is InChI=1S/C18H27N6OP/c1-11(2)8-23(9-12(3)26)10-15-20-17-13-6-5-7-14(25-4)16(13)21-18(19)24(17)22-15/h5-7,11-12H,8-10,26H2,1-4H3,(H2,19,21). The summed E-state index contributed by atoms with van der Waals surface area (Å²) in [7, 11) is 4.48. The Morgan fingerprint density at radius 2 is 2.00 bits per heavy atom. The number of para-hydroxylation sites is 1. The molecule has 0 spiro atoms. The summed E-state index contributed by atoms with van der Waals surface area (Å²) in [5.74, 6) is 2.32. The quantitative estimate of drug-likeness (QED) is 0.640. The minimum atomic E-state index is 0.311. The molecular formula is C18H27N6OP. The van der Waals surface area contributed by atoms with Gasteiger partial charge in [0.05, 0.1) is 13.7 Å². The first-order valence-electron chi connectivity index (χ1n) is 8.84. The van der Waals surface area contributed by atoms with Crippen LogP contribution in [-0.4, -0.2) is 50.3 Å². The van der Waals surface area contributed by atoms with Gasteiger partial charge in [-0.25, -0.2) is 9.97 Å². The van der Waals surface area contributed by atoms with Gasteiger partial charge in [0.2, 0.25) is 5.95 Å². The monoisotopic (exact) mass is 374 g/mol. The minimum Gasteiger partial charge on any atom is -0.494 e. The van der Waals surface area contributed by atoms with Crippen molar-refractivity contribution in [1.82, 2.24) is 24.5 Å². The van der Waals surface area contributed by atoms with Crippen LogP contribution in [0.25, 0.3) is 16.6 Å². The smallest absolute Gasteiger partial charge is 0.223 e. The summed E-state index contributed by atoms with van der Waals surface area (Å²) < 4.78 is 7.02. The Hall–Kier alpha value is -1.98. The molecule has 0 aliphatic carbocycles. The van der Waals surface area contributed by atoms with Crippen LogP contribution in [0.1, 0.15) is 26.6 Å². The predicted molar refractivity (Wildman–Crippen MR) is 109 cm³/mol. The van der Waals surface area contributed by atoms with E-state index in [9.17, 15) is 0 Å². The first-order valence-corrected chi connectivity index (χ1v) is 9.51. The molecule has 0 aliphatic rings. The third-order valence-corrected chi connectivity index (χ3v) is 4.30. The highest BCUT2D eigenvalue weighted by molar-refractivity contribution is 7.17. The van der Waals surface area contributed by atoms with Crippen molar-refractivity contribution in [3.63, 3.8) is 0 Å². The number of aromatic nitrogens is 4. The van der Waals surface area contributed by atoms with Gasteiger partial charge in [-0.3, -0.25) is 4.90 Å². The number of nitrogens with two attached hydrogens (primary N) is 1. The lowest BCUT2D eigenvalue weighted by Gasteiger charge is -2.24. The molecule has 0 aliphatic heterocycles. The SMILES string of the molecule is COc1cccc2c1nc(N)n1nc(CN(CC(C)C)CC(C)P)nc21. The van der Waals surface area contributed by atoms with Crippen LogP contribution < -0.4 is 10.5 Å². The van der Waals surface area contributed by atoms with Gasteiger partial charge in [0.15, 0.2) is 11.5 Å². The Morgan fingerprint density at radius 1 is 1.23 bits per heavy atom. The van der Waals surface area contributed by atoms with Gasteiger partial charge >= 0.3 is 0 Å². The number of benzene rings is 1. The van der Waals surface area contributed by atoms with Crippen LogP contribution in [0.2, 0.25) is 0 Å². The van der Waals surface area contributed by atoms with Crippen molar-refractivity contribution in [1.29, 1.82) is 0 Å². The zero-order valence-corrected chi connectivity index (χ0v) is 17.0. The molecule has 0 bridgehead atoms. The molecule has 26 heavy (non-hydrogen) atoms. The average Bonchev–Trinajstić information content (AvgIpc) is 2.97. The number of fused-ring (bicyclic) bond motifs is 3. The zero-order chi connectivity index (χ0) is 18.8. The van der Waals surface area contributed by atoms with Gasteiger partial charge < -0.3 is 10.5 Å². The number of hydrogen-bond acceptors (Lipinski definition) is 6. The zero-order valence-electron chi connectivity index (χ0n) is 15.8. The maximum atomic E-state index is 6.13. The van der Waals surface area contributed by atoms with Crippen molar-refractivity contribution in [3.8, 4) is 5.75 Å². The lowest BCUT2D eigenvalue weighted by Crippen LogP contribution is -2.32. The second-order valence-corrected chi connectivity index (χ2v) is 8.29. The van der Waals surface area contributed by atoms with E-state index in [2.05, 4.69) is 45.0 Å². The predicted octanol–water partition coefficient (Wildman–Crippen LogP) is 2.59. The number of methoxy groups -OCH3 is 1. The molecule has 7 nitrogen and oxygen atoms in total. The second-order valence-electron chi connectivity index (χ2n) is 7.16. The number of anilines is 1. The maximum Gasteiger partial charge on any atom is 0.223 e. The number of nitrogen functional groups attached to an aromatic ring is 1. The molecule has 0 fully saturated rings. The Bertz CT molecular complexity index is 897. The van der Waals surface area contributed by atoms with Crippen LogP contribution >= 0.6 is 9.24 Å². The fraction of sp³-hybridized carbons (Fsp3) is 0.500. The molecule has 2 heterocycles. The Labute approximate surface area is 156 Å². The van der Waals surface area contributed by atoms with E-state index in [4.69, 9.17) is 15.5 Å². The Balaban J connectivity index is 2.02. The first-order chi connectivity index (χ1) is 12.4. The van der Waals surface area contributed by atoms with Crippen molar-refractivity contribution >= 4 is 31.7 Å². The molecule has 8 heteroatoms. The molecule has 2 unspecified atom stereocenters.